The van der Waals surface area contributed by atoms with E-state index in [1.54, 1.807) is 7.05 Å². The smallest absolute Gasteiger partial charge is 0.243 e. The zero-order valence-corrected chi connectivity index (χ0v) is 16.4. The first kappa shape index (κ1) is 18.3. The van der Waals surface area contributed by atoms with Crippen LogP contribution in [-0.4, -0.2) is 41.1 Å². The average molecular weight is 392 g/mol. The number of para-hydroxylation sites is 1. The van der Waals surface area contributed by atoms with Crippen molar-refractivity contribution in [2.24, 2.45) is 5.10 Å². The first-order valence-corrected chi connectivity index (χ1v) is 9.99. The molecule has 3 aromatic rings. The molecular formula is C21H20N4O2S. The summed E-state index contributed by atoms with van der Waals surface area (Å²) in [6.07, 6.45) is 1.01. The highest BCUT2D eigenvalue weighted by molar-refractivity contribution is 7.22. The van der Waals surface area contributed by atoms with E-state index in [4.69, 9.17) is 0 Å². The number of anilines is 1. The number of benzene rings is 2. The van der Waals surface area contributed by atoms with Gasteiger partial charge < -0.3 is 0 Å². The van der Waals surface area contributed by atoms with E-state index in [2.05, 4.69) is 10.1 Å². The van der Waals surface area contributed by atoms with Crippen molar-refractivity contribution in [2.75, 3.05) is 18.5 Å². The van der Waals surface area contributed by atoms with Crippen LogP contribution in [0.15, 0.2) is 59.7 Å². The van der Waals surface area contributed by atoms with Crippen molar-refractivity contribution >= 4 is 44.2 Å². The molecule has 1 aromatic heterocycles. The molecule has 2 amide bonds. The lowest BCUT2D eigenvalue weighted by Gasteiger charge is -2.15. The standard InChI is InChI=1S/C21H20N4O2S/c1-24(21-22-17-9-5-6-10-18(17)28-21)19(26)11-12-20(27)25-14-13-16(23-25)15-7-3-2-4-8-15/h2-10H,11-14H2,1H3. The highest BCUT2D eigenvalue weighted by atomic mass is 32.1. The van der Waals surface area contributed by atoms with Gasteiger partial charge in [0.2, 0.25) is 11.8 Å². The summed E-state index contributed by atoms with van der Waals surface area (Å²) in [5.41, 5.74) is 2.81. The van der Waals surface area contributed by atoms with Crippen molar-refractivity contribution in [3.8, 4) is 0 Å². The molecule has 1 aliphatic heterocycles. The zero-order chi connectivity index (χ0) is 19.5. The van der Waals surface area contributed by atoms with E-state index in [0.29, 0.717) is 11.7 Å². The van der Waals surface area contributed by atoms with E-state index in [9.17, 15) is 9.59 Å². The van der Waals surface area contributed by atoms with Gasteiger partial charge in [-0.1, -0.05) is 53.8 Å². The molecule has 0 spiro atoms. The number of carbonyl (C=O) groups is 2. The van der Waals surface area contributed by atoms with Gasteiger partial charge in [-0.2, -0.15) is 5.10 Å². The van der Waals surface area contributed by atoms with Crippen LogP contribution < -0.4 is 4.90 Å². The predicted molar refractivity (Wildman–Crippen MR) is 112 cm³/mol. The maximum atomic E-state index is 12.5. The van der Waals surface area contributed by atoms with Gasteiger partial charge in [0.15, 0.2) is 5.13 Å². The number of hydrogen-bond acceptors (Lipinski definition) is 5. The molecular weight excluding hydrogens is 372 g/mol. The Kier molecular flexibility index (Phi) is 5.16. The first-order valence-electron chi connectivity index (χ1n) is 9.17. The fourth-order valence-corrected chi connectivity index (χ4v) is 4.04. The molecule has 0 N–H and O–H groups in total. The molecule has 0 radical (unpaired) electrons. The van der Waals surface area contributed by atoms with Crippen molar-refractivity contribution in [1.82, 2.24) is 9.99 Å². The molecule has 7 heteroatoms. The summed E-state index contributed by atoms with van der Waals surface area (Å²) in [7, 11) is 1.70. The number of carbonyl (C=O) groups excluding carboxylic acids is 2. The molecule has 1 aliphatic rings. The third-order valence-corrected chi connectivity index (χ3v) is 5.81. The molecule has 0 aliphatic carbocycles. The Labute approximate surface area is 167 Å². The average Bonchev–Trinajstić information content (AvgIpc) is 3.39. The normalized spacial score (nSPS) is 13.6. The number of rotatable bonds is 5. The summed E-state index contributed by atoms with van der Waals surface area (Å²) in [5.74, 6) is -0.254. The Bertz CT molecular complexity index is 1010. The van der Waals surface area contributed by atoms with Crippen LogP contribution in [0.1, 0.15) is 24.8 Å². The van der Waals surface area contributed by atoms with Gasteiger partial charge in [-0.3, -0.25) is 14.5 Å². The SMILES string of the molecule is CN(C(=O)CCC(=O)N1CCC(c2ccccc2)=N1)c1nc2ccccc2s1. The molecule has 2 aromatic carbocycles. The molecule has 0 saturated carbocycles. The van der Waals surface area contributed by atoms with Gasteiger partial charge in [-0.15, -0.1) is 0 Å². The van der Waals surface area contributed by atoms with Crippen molar-refractivity contribution in [3.63, 3.8) is 0 Å². The first-order chi connectivity index (χ1) is 13.6. The number of nitrogens with zero attached hydrogens (tertiary/aromatic N) is 4. The number of amides is 2. The van der Waals surface area contributed by atoms with Gasteiger partial charge in [0.1, 0.15) is 0 Å². The summed E-state index contributed by atoms with van der Waals surface area (Å²) in [4.78, 5) is 31.0. The number of fused-ring (bicyclic) bond motifs is 1. The Balaban J connectivity index is 1.35. The van der Waals surface area contributed by atoms with Crippen molar-refractivity contribution in [1.29, 1.82) is 0 Å². The predicted octanol–water partition coefficient (Wildman–Crippen LogP) is 3.68. The third-order valence-electron chi connectivity index (χ3n) is 4.69. The van der Waals surface area contributed by atoms with E-state index in [-0.39, 0.29) is 24.7 Å². The quantitative estimate of drug-likeness (QED) is 0.665. The molecule has 0 fully saturated rings. The highest BCUT2D eigenvalue weighted by Gasteiger charge is 2.23. The highest BCUT2D eigenvalue weighted by Crippen LogP contribution is 2.28. The van der Waals surface area contributed by atoms with E-state index in [0.717, 1.165) is 27.9 Å². The van der Waals surface area contributed by atoms with E-state index >= 15 is 0 Å². The second-order valence-electron chi connectivity index (χ2n) is 6.60. The monoisotopic (exact) mass is 392 g/mol. The Morgan fingerprint density at radius 1 is 1.07 bits per heavy atom. The van der Waals surface area contributed by atoms with Crippen LogP contribution in [-0.2, 0) is 9.59 Å². The Morgan fingerprint density at radius 2 is 1.82 bits per heavy atom. The van der Waals surface area contributed by atoms with Gasteiger partial charge in [0, 0.05) is 26.3 Å². The third kappa shape index (κ3) is 3.80. The minimum absolute atomic E-state index is 0.126. The summed E-state index contributed by atoms with van der Waals surface area (Å²) >= 11 is 1.47. The van der Waals surface area contributed by atoms with Crippen LogP contribution in [0.25, 0.3) is 10.2 Å². The van der Waals surface area contributed by atoms with Crippen molar-refractivity contribution in [3.05, 3.63) is 60.2 Å². The lowest BCUT2D eigenvalue weighted by molar-refractivity contribution is -0.132. The van der Waals surface area contributed by atoms with Gasteiger partial charge in [-0.05, 0) is 17.7 Å². The summed E-state index contributed by atoms with van der Waals surface area (Å²) < 4.78 is 1.04. The molecule has 6 nitrogen and oxygen atoms in total. The summed E-state index contributed by atoms with van der Waals surface area (Å²) in [6, 6.07) is 17.6. The van der Waals surface area contributed by atoms with Crippen LogP contribution in [0, 0.1) is 0 Å². The number of aromatic nitrogens is 1. The minimum atomic E-state index is -0.128. The maximum absolute atomic E-state index is 12.5. The van der Waals surface area contributed by atoms with Crippen molar-refractivity contribution in [2.45, 2.75) is 19.3 Å². The zero-order valence-electron chi connectivity index (χ0n) is 15.5. The topological polar surface area (TPSA) is 65.9 Å². The number of hydrazone groups is 1. The second-order valence-corrected chi connectivity index (χ2v) is 7.61. The van der Waals surface area contributed by atoms with Crippen LogP contribution in [0.2, 0.25) is 0 Å². The summed E-state index contributed by atoms with van der Waals surface area (Å²) in [5, 5.41) is 6.56. The molecule has 142 valence electrons. The maximum Gasteiger partial charge on any atom is 0.243 e. The molecule has 2 heterocycles. The van der Waals surface area contributed by atoms with Crippen LogP contribution in [0.3, 0.4) is 0 Å². The lowest BCUT2D eigenvalue weighted by atomic mass is 10.1. The largest absolute Gasteiger partial charge is 0.291 e. The lowest BCUT2D eigenvalue weighted by Crippen LogP contribution is -2.29. The molecule has 4 rings (SSSR count). The van der Waals surface area contributed by atoms with Gasteiger partial charge in [-0.25, -0.2) is 9.99 Å². The molecule has 0 bridgehead atoms. The van der Waals surface area contributed by atoms with Crippen molar-refractivity contribution < 1.29 is 9.59 Å². The molecule has 28 heavy (non-hydrogen) atoms. The fraction of sp³-hybridized carbons (Fsp3) is 0.238. The summed E-state index contributed by atoms with van der Waals surface area (Å²) in [6.45, 7) is 0.560. The van der Waals surface area contributed by atoms with Gasteiger partial charge in [0.05, 0.1) is 22.5 Å². The van der Waals surface area contributed by atoms with E-state index < -0.39 is 0 Å². The Hall–Kier alpha value is -3.06. The second kappa shape index (κ2) is 7.90. The van der Waals surface area contributed by atoms with E-state index in [1.165, 1.54) is 21.2 Å². The van der Waals surface area contributed by atoms with Crippen LogP contribution in [0.4, 0.5) is 5.13 Å². The van der Waals surface area contributed by atoms with Crippen LogP contribution in [0.5, 0.6) is 0 Å². The molecule has 0 unspecified atom stereocenters. The minimum Gasteiger partial charge on any atom is -0.291 e. The molecule has 0 saturated heterocycles. The Morgan fingerprint density at radius 3 is 2.61 bits per heavy atom. The number of thiazole rings is 1. The number of hydrogen-bond donors (Lipinski definition) is 0. The van der Waals surface area contributed by atoms with E-state index in [1.807, 2.05) is 54.6 Å². The van der Waals surface area contributed by atoms with Gasteiger partial charge in [0.25, 0.3) is 0 Å². The fourth-order valence-electron chi connectivity index (χ4n) is 3.09. The van der Waals surface area contributed by atoms with Crippen LogP contribution >= 0.6 is 11.3 Å². The molecule has 0 atom stereocenters. The van der Waals surface area contributed by atoms with Gasteiger partial charge >= 0.3 is 0 Å².